The summed E-state index contributed by atoms with van der Waals surface area (Å²) in [5.41, 5.74) is 0. The van der Waals surface area contributed by atoms with Gasteiger partial charge in [-0.2, -0.15) is 0 Å². The van der Waals surface area contributed by atoms with Crippen molar-refractivity contribution in [3.63, 3.8) is 0 Å². The molecule has 0 saturated heterocycles. The van der Waals surface area contributed by atoms with Gasteiger partial charge in [-0.05, 0) is 44.9 Å². The highest BCUT2D eigenvalue weighted by molar-refractivity contribution is 5.71. The van der Waals surface area contributed by atoms with Crippen molar-refractivity contribution in [3.8, 4) is 0 Å². The van der Waals surface area contributed by atoms with Gasteiger partial charge >= 0.3 is 17.9 Å². The van der Waals surface area contributed by atoms with Crippen molar-refractivity contribution in [1.29, 1.82) is 0 Å². The summed E-state index contributed by atoms with van der Waals surface area (Å²) in [6, 6.07) is 0. The van der Waals surface area contributed by atoms with Crippen LogP contribution in [0.15, 0.2) is 12.2 Å². The third kappa shape index (κ3) is 43.1. The molecular weight excluding hydrogens is 685 g/mol. The molecule has 1 unspecified atom stereocenters. The third-order valence-corrected chi connectivity index (χ3v) is 10.8. The second-order valence-corrected chi connectivity index (χ2v) is 16.4. The van der Waals surface area contributed by atoms with Gasteiger partial charge in [0.15, 0.2) is 6.10 Å². The van der Waals surface area contributed by atoms with Crippen LogP contribution in [0.1, 0.15) is 265 Å². The number of hydrogen-bond acceptors (Lipinski definition) is 6. The molecule has 6 heteroatoms. The van der Waals surface area contributed by atoms with Crippen LogP contribution in [-0.2, 0) is 28.6 Å². The van der Waals surface area contributed by atoms with Gasteiger partial charge in [-0.25, -0.2) is 0 Å². The maximum absolute atomic E-state index is 12.7. The van der Waals surface area contributed by atoms with Crippen LogP contribution in [-0.4, -0.2) is 37.2 Å². The van der Waals surface area contributed by atoms with Gasteiger partial charge < -0.3 is 14.2 Å². The van der Waals surface area contributed by atoms with Crippen molar-refractivity contribution in [2.45, 2.75) is 271 Å². The van der Waals surface area contributed by atoms with Crippen LogP contribution in [0.5, 0.6) is 0 Å². The average Bonchev–Trinajstić information content (AvgIpc) is 3.18. The molecule has 0 N–H and O–H groups in total. The van der Waals surface area contributed by atoms with E-state index >= 15 is 0 Å². The molecule has 0 aliphatic rings. The molecule has 0 saturated carbocycles. The lowest BCUT2D eigenvalue weighted by molar-refractivity contribution is -0.167. The SMILES string of the molecule is CCCCCCCC/C=C\CCCCCCCCCC(=O)OCC(COC(=O)CCCCCCCCC)OC(=O)CCCCCCCCCCCCCCC. The first-order valence-corrected chi connectivity index (χ1v) is 24.2. The van der Waals surface area contributed by atoms with Gasteiger partial charge in [0, 0.05) is 19.3 Å². The second-order valence-electron chi connectivity index (χ2n) is 16.4. The minimum Gasteiger partial charge on any atom is -0.462 e. The lowest BCUT2D eigenvalue weighted by atomic mass is 10.0. The highest BCUT2D eigenvalue weighted by Gasteiger charge is 2.19. The van der Waals surface area contributed by atoms with E-state index in [0.29, 0.717) is 19.3 Å². The molecule has 0 aliphatic heterocycles. The molecule has 0 bridgehead atoms. The molecule has 0 aromatic carbocycles. The Kier molecular flexibility index (Phi) is 43.4. The maximum Gasteiger partial charge on any atom is 0.306 e. The minimum atomic E-state index is -0.762. The Hall–Kier alpha value is -1.85. The topological polar surface area (TPSA) is 78.9 Å². The summed E-state index contributed by atoms with van der Waals surface area (Å²) in [6.07, 6.45) is 47.7. The normalized spacial score (nSPS) is 12.0. The number of unbranched alkanes of at least 4 members (excludes halogenated alkanes) is 31. The zero-order chi connectivity index (χ0) is 40.1. The smallest absolute Gasteiger partial charge is 0.306 e. The number of hydrogen-bond donors (Lipinski definition) is 0. The van der Waals surface area contributed by atoms with Crippen LogP contribution in [0.3, 0.4) is 0 Å². The minimum absolute atomic E-state index is 0.0676. The van der Waals surface area contributed by atoms with Crippen molar-refractivity contribution in [1.82, 2.24) is 0 Å². The summed E-state index contributed by atoms with van der Waals surface area (Å²) in [6.45, 7) is 6.61. The van der Waals surface area contributed by atoms with Crippen LogP contribution in [0.25, 0.3) is 0 Å². The van der Waals surface area contributed by atoms with Crippen LogP contribution in [0.2, 0.25) is 0 Å². The van der Waals surface area contributed by atoms with E-state index in [0.717, 1.165) is 57.8 Å². The Labute approximate surface area is 341 Å². The largest absolute Gasteiger partial charge is 0.462 e. The Morgan fingerprint density at radius 2 is 0.600 bits per heavy atom. The molecule has 0 fully saturated rings. The van der Waals surface area contributed by atoms with E-state index in [1.54, 1.807) is 0 Å². The van der Waals surface area contributed by atoms with Crippen molar-refractivity contribution in [3.05, 3.63) is 12.2 Å². The number of ether oxygens (including phenoxy) is 3. The molecule has 0 aliphatic carbocycles. The zero-order valence-electron chi connectivity index (χ0n) is 37.0. The fraction of sp³-hybridized carbons (Fsp3) is 0.898. The summed E-state index contributed by atoms with van der Waals surface area (Å²) in [7, 11) is 0. The van der Waals surface area contributed by atoms with Gasteiger partial charge in [0.05, 0.1) is 0 Å². The van der Waals surface area contributed by atoms with Gasteiger partial charge in [0.2, 0.25) is 0 Å². The van der Waals surface area contributed by atoms with Gasteiger partial charge in [-0.1, -0.05) is 213 Å². The number of rotatable bonds is 44. The van der Waals surface area contributed by atoms with Crippen molar-refractivity contribution >= 4 is 17.9 Å². The molecule has 324 valence electrons. The van der Waals surface area contributed by atoms with E-state index in [4.69, 9.17) is 14.2 Å². The summed E-state index contributed by atoms with van der Waals surface area (Å²) in [5, 5.41) is 0. The molecule has 0 aromatic heterocycles. The van der Waals surface area contributed by atoms with E-state index < -0.39 is 6.10 Å². The molecule has 55 heavy (non-hydrogen) atoms. The summed E-state index contributed by atoms with van der Waals surface area (Å²) in [4.78, 5) is 37.7. The molecule has 0 radical (unpaired) electrons. The highest BCUT2D eigenvalue weighted by atomic mass is 16.6. The first-order valence-electron chi connectivity index (χ1n) is 24.2. The Balaban J connectivity index is 4.24. The Bertz CT molecular complexity index is 854. The van der Waals surface area contributed by atoms with E-state index in [9.17, 15) is 14.4 Å². The van der Waals surface area contributed by atoms with Crippen LogP contribution >= 0.6 is 0 Å². The lowest BCUT2D eigenvalue weighted by Crippen LogP contribution is -2.30. The maximum atomic E-state index is 12.7. The number of carbonyl (C=O) groups is 3. The van der Waals surface area contributed by atoms with Gasteiger partial charge in [-0.3, -0.25) is 14.4 Å². The Morgan fingerprint density at radius 3 is 0.909 bits per heavy atom. The van der Waals surface area contributed by atoms with Crippen LogP contribution in [0, 0.1) is 0 Å². The molecule has 0 spiro atoms. The van der Waals surface area contributed by atoms with Gasteiger partial charge in [-0.15, -0.1) is 0 Å². The predicted molar refractivity (Wildman–Crippen MR) is 233 cm³/mol. The van der Waals surface area contributed by atoms with E-state index in [2.05, 4.69) is 32.9 Å². The van der Waals surface area contributed by atoms with E-state index in [1.165, 1.54) is 167 Å². The van der Waals surface area contributed by atoms with E-state index in [1.807, 2.05) is 0 Å². The number of allylic oxidation sites excluding steroid dienone is 2. The molecular formula is C49H92O6. The quantitative estimate of drug-likeness (QED) is 0.0265. The van der Waals surface area contributed by atoms with E-state index in [-0.39, 0.29) is 31.1 Å². The summed E-state index contributed by atoms with van der Waals surface area (Å²) >= 11 is 0. The van der Waals surface area contributed by atoms with Gasteiger partial charge in [0.25, 0.3) is 0 Å². The Morgan fingerprint density at radius 1 is 0.345 bits per heavy atom. The molecule has 0 heterocycles. The molecule has 1 atom stereocenters. The second kappa shape index (κ2) is 44.9. The molecule has 0 amide bonds. The van der Waals surface area contributed by atoms with Crippen LogP contribution in [0.4, 0.5) is 0 Å². The number of carbonyl (C=O) groups excluding carboxylic acids is 3. The molecule has 0 rings (SSSR count). The van der Waals surface area contributed by atoms with Crippen molar-refractivity contribution in [2.75, 3.05) is 13.2 Å². The fourth-order valence-electron chi connectivity index (χ4n) is 7.08. The zero-order valence-corrected chi connectivity index (χ0v) is 37.0. The standard InChI is InChI=1S/C49H92O6/c1-4-7-10-13-16-18-20-22-23-24-25-27-28-30-33-36-39-42-48(51)54-45-46(44-53-47(50)41-38-35-32-15-12-9-6-3)55-49(52)43-40-37-34-31-29-26-21-19-17-14-11-8-5-2/h22-23,46H,4-21,24-45H2,1-3H3/b23-22-. The summed E-state index contributed by atoms with van der Waals surface area (Å²) in [5.74, 6) is -0.867. The number of esters is 3. The lowest BCUT2D eigenvalue weighted by Gasteiger charge is -2.18. The average molecular weight is 777 g/mol. The molecule has 6 nitrogen and oxygen atoms in total. The van der Waals surface area contributed by atoms with Gasteiger partial charge in [0.1, 0.15) is 13.2 Å². The third-order valence-electron chi connectivity index (χ3n) is 10.8. The highest BCUT2D eigenvalue weighted by Crippen LogP contribution is 2.15. The fourth-order valence-corrected chi connectivity index (χ4v) is 7.08. The van der Waals surface area contributed by atoms with Crippen molar-refractivity contribution in [2.24, 2.45) is 0 Å². The van der Waals surface area contributed by atoms with Crippen molar-refractivity contribution < 1.29 is 28.6 Å². The first kappa shape index (κ1) is 53.1. The molecule has 0 aromatic rings. The summed E-state index contributed by atoms with van der Waals surface area (Å²) < 4.78 is 16.7. The first-order chi connectivity index (χ1) is 27.0. The monoisotopic (exact) mass is 777 g/mol. The predicted octanol–water partition coefficient (Wildman–Crippen LogP) is 15.4. The van der Waals surface area contributed by atoms with Crippen LogP contribution < -0.4 is 0 Å².